The molecule has 0 radical (unpaired) electrons. The van der Waals surface area contributed by atoms with Crippen molar-refractivity contribution >= 4 is 17.0 Å². The lowest BCUT2D eigenvalue weighted by molar-refractivity contribution is 0.398. The zero-order chi connectivity index (χ0) is 14.4. The van der Waals surface area contributed by atoms with Crippen LogP contribution < -0.4 is 5.43 Å². The number of fused-ring (bicyclic) bond motifs is 2. The quantitative estimate of drug-likeness (QED) is 0.467. The number of aromatic hydroxyl groups is 3. The first-order valence-electron chi connectivity index (χ1n) is 5.80. The molecular formula is C15H10O5. The van der Waals surface area contributed by atoms with Gasteiger partial charge in [-0.05, 0) is 29.8 Å². The summed E-state index contributed by atoms with van der Waals surface area (Å²) in [5, 5.41) is 29.7. The first-order valence-corrected chi connectivity index (χ1v) is 5.80. The highest BCUT2D eigenvalue weighted by Crippen LogP contribution is 2.42. The zero-order valence-electron chi connectivity index (χ0n) is 10.3. The van der Waals surface area contributed by atoms with Gasteiger partial charge in [-0.1, -0.05) is 12.7 Å². The van der Waals surface area contributed by atoms with E-state index in [1.54, 1.807) is 6.07 Å². The van der Waals surface area contributed by atoms with Crippen molar-refractivity contribution in [3.63, 3.8) is 0 Å². The number of hydrogen-bond acceptors (Lipinski definition) is 5. The number of phenols is 3. The SMILES string of the molecule is C=Cc1c2ccc(=O)c(O)c-2oc2c(O)c(O)ccc12. The molecule has 3 rings (SSSR count). The Hall–Kier alpha value is -2.95. The van der Waals surface area contributed by atoms with Crippen molar-refractivity contribution in [3.05, 3.63) is 46.6 Å². The molecule has 0 atom stereocenters. The smallest absolute Gasteiger partial charge is 0.224 e. The van der Waals surface area contributed by atoms with E-state index in [1.165, 1.54) is 24.3 Å². The molecule has 1 aromatic rings. The summed E-state index contributed by atoms with van der Waals surface area (Å²) in [5.41, 5.74) is 0.477. The Bertz CT molecular complexity index is 876. The van der Waals surface area contributed by atoms with Gasteiger partial charge in [0.25, 0.3) is 0 Å². The highest BCUT2D eigenvalue weighted by molar-refractivity contribution is 5.98. The van der Waals surface area contributed by atoms with Gasteiger partial charge in [0.05, 0.1) is 0 Å². The third-order valence-electron chi connectivity index (χ3n) is 3.19. The Morgan fingerprint density at radius 3 is 2.50 bits per heavy atom. The Balaban J connectivity index is 2.64. The maximum Gasteiger partial charge on any atom is 0.224 e. The van der Waals surface area contributed by atoms with Crippen LogP contribution in [-0.2, 0) is 0 Å². The Kier molecular flexibility index (Phi) is 2.44. The van der Waals surface area contributed by atoms with Gasteiger partial charge in [0.2, 0.25) is 16.9 Å². The van der Waals surface area contributed by atoms with E-state index < -0.39 is 16.9 Å². The highest BCUT2D eigenvalue weighted by atomic mass is 16.4. The third-order valence-corrected chi connectivity index (χ3v) is 3.19. The van der Waals surface area contributed by atoms with Crippen molar-refractivity contribution in [1.29, 1.82) is 0 Å². The monoisotopic (exact) mass is 270 g/mol. The van der Waals surface area contributed by atoms with E-state index in [2.05, 4.69) is 6.58 Å². The molecule has 0 unspecified atom stereocenters. The fraction of sp³-hybridized carbons (Fsp3) is 0. The highest BCUT2D eigenvalue weighted by Gasteiger charge is 2.21. The molecule has 2 aliphatic rings. The van der Waals surface area contributed by atoms with Gasteiger partial charge in [0.1, 0.15) is 0 Å². The second kappa shape index (κ2) is 4.03. The van der Waals surface area contributed by atoms with Crippen LogP contribution in [0.25, 0.3) is 28.4 Å². The van der Waals surface area contributed by atoms with E-state index in [1.807, 2.05) is 0 Å². The molecule has 0 aromatic heterocycles. The molecule has 3 N–H and O–H groups in total. The number of hydrogen-bond donors (Lipinski definition) is 3. The van der Waals surface area contributed by atoms with Crippen LogP contribution in [0.3, 0.4) is 0 Å². The van der Waals surface area contributed by atoms with Crippen LogP contribution in [-0.4, -0.2) is 15.3 Å². The molecule has 1 aliphatic carbocycles. The van der Waals surface area contributed by atoms with E-state index >= 15 is 0 Å². The topological polar surface area (TPSA) is 90.9 Å². The molecule has 0 amide bonds. The molecule has 100 valence electrons. The minimum absolute atomic E-state index is 0.0201. The molecule has 0 saturated heterocycles. The largest absolute Gasteiger partial charge is 0.504 e. The van der Waals surface area contributed by atoms with Gasteiger partial charge in [-0.3, -0.25) is 4.79 Å². The summed E-state index contributed by atoms with van der Waals surface area (Å²) in [4.78, 5) is 11.5. The molecule has 5 heteroatoms. The van der Waals surface area contributed by atoms with Crippen LogP contribution in [0, 0.1) is 0 Å². The van der Waals surface area contributed by atoms with Gasteiger partial charge in [0.15, 0.2) is 17.1 Å². The van der Waals surface area contributed by atoms with Crippen LogP contribution in [0.5, 0.6) is 17.2 Å². The third kappa shape index (κ3) is 1.46. The number of rotatable bonds is 1. The lowest BCUT2D eigenvalue weighted by Crippen LogP contribution is -2.01. The van der Waals surface area contributed by atoms with Gasteiger partial charge in [-0.2, -0.15) is 0 Å². The van der Waals surface area contributed by atoms with Crippen LogP contribution in [0.4, 0.5) is 0 Å². The minimum Gasteiger partial charge on any atom is -0.504 e. The molecule has 20 heavy (non-hydrogen) atoms. The van der Waals surface area contributed by atoms with E-state index in [0.29, 0.717) is 16.5 Å². The molecular weight excluding hydrogens is 260 g/mol. The second-order valence-corrected chi connectivity index (χ2v) is 4.32. The Labute approximate surface area is 113 Å². The van der Waals surface area contributed by atoms with E-state index in [4.69, 9.17) is 4.42 Å². The molecule has 1 aliphatic heterocycles. The summed E-state index contributed by atoms with van der Waals surface area (Å²) < 4.78 is 5.40. The summed E-state index contributed by atoms with van der Waals surface area (Å²) in [6.07, 6.45) is 1.53. The molecule has 1 heterocycles. The fourth-order valence-corrected chi connectivity index (χ4v) is 2.21. The molecule has 0 saturated carbocycles. The van der Waals surface area contributed by atoms with E-state index in [0.717, 1.165) is 0 Å². The summed E-state index contributed by atoms with van der Waals surface area (Å²) in [5.74, 6) is -1.41. The summed E-state index contributed by atoms with van der Waals surface area (Å²) in [6.45, 7) is 3.69. The molecule has 0 bridgehead atoms. The van der Waals surface area contributed by atoms with E-state index in [-0.39, 0.29) is 17.1 Å². The van der Waals surface area contributed by atoms with Crippen LogP contribution in [0.2, 0.25) is 0 Å². The lowest BCUT2D eigenvalue weighted by Gasteiger charge is -2.13. The number of benzene rings is 2. The van der Waals surface area contributed by atoms with Crippen molar-refractivity contribution in [2.75, 3.05) is 0 Å². The predicted octanol–water partition coefficient (Wildman–Crippen LogP) is 2.66. The van der Waals surface area contributed by atoms with Gasteiger partial charge >= 0.3 is 0 Å². The summed E-state index contributed by atoms with van der Waals surface area (Å²) in [7, 11) is 0. The van der Waals surface area contributed by atoms with Gasteiger partial charge in [-0.15, -0.1) is 0 Å². The van der Waals surface area contributed by atoms with Gasteiger partial charge < -0.3 is 19.7 Å². The standard InChI is InChI=1S/C15H10O5/c1-2-7-8-3-5-10(16)12(18)14(8)20-15-9(7)4-6-11(17)13(15)19/h2-6,16,18-19H,1H2. The minimum atomic E-state index is -0.588. The normalized spacial score (nSPS) is 11.0. The van der Waals surface area contributed by atoms with Crippen molar-refractivity contribution < 1.29 is 19.7 Å². The molecule has 5 nitrogen and oxygen atoms in total. The van der Waals surface area contributed by atoms with Gasteiger partial charge in [-0.25, -0.2) is 0 Å². The Morgan fingerprint density at radius 2 is 1.80 bits per heavy atom. The maximum absolute atomic E-state index is 11.5. The first kappa shape index (κ1) is 12.1. The van der Waals surface area contributed by atoms with Crippen molar-refractivity contribution in [2.24, 2.45) is 0 Å². The van der Waals surface area contributed by atoms with Crippen LogP contribution in [0.1, 0.15) is 5.56 Å². The van der Waals surface area contributed by atoms with E-state index in [9.17, 15) is 20.1 Å². The Morgan fingerprint density at radius 1 is 1.05 bits per heavy atom. The predicted molar refractivity (Wildman–Crippen MR) is 74.2 cm³/mol. The van der Waals surface area contributed by atoms with Crippen molar-refractivity contribution in [2.45, 2.75) is 0 Å². The fourth-order valence-electron chi connectivity index (χ4n) is 2.21. The maximum atomic E-state index is 11.5. The average Bonchev–Trinajstić information content (AvgIpc) is 2.45. The van der Waals surface area contributed by atoms with Crippen LogP contribution in [0.15, 0.2) is 40.1 Å². The number of phenolic OH excluding ortho intramolecular Hbond substituents is 3. The molecule has 1 aromatic carbocycles. The molecule has 0 spiro atoms. The second-order valence-electron chi connectivity index (χ2n) is 4.32. The lowest BCUT2D eigenvalue weighted by atomic mass is 9.98. The van der Waals surface area contributed by atoms with Gasteiger partial charge in [0, 0.05) is 10.9 Å². The average molecular weight is 270 g/mol. The summed E-state index contributed by atoms with van der Waals surface area (Å²) in [6, 6.07) is 5.63. The van der Waals surface area contributed by atoms with Crippen molar-refractivity contribution in [1.82, 2.24) is 0 Å². The zero-order valence-corrected chi connectivity index (χ0v) is 10.3. The van der Waals surface area contributed by atoms with Crippen molar-refractivity contribution in [3.8, 4) is 28.6 Å². The summed E-state index contributed by atoms with van der Waals surface area (Å²) >= 11 is 0. The molecule has 0 fully saturated rings. The first-order chi connectivity index (χ1) is 9.54. The van der Waals surface area contributed by atoms with Crippen LogP contribution >= 0.6 is 0 Å².